The van der Waals surface area contributed by atoms with Gasteiger partial charge in [0.25, 0.3) is 0 Å². The fourth-order valence-electron chi connectivity index (χ4n) is 1.54. The standard InChI is InChI=1S/C13H22N2O3/c1-9-5-6-11(17-9)10(7-8-14)15-12(16)18-13(2,3)4/h5-6,10H,7-8,14H2,1-4H3,(H,15,16). The van der Waals surface area contributed by atoms with Crippen molar-refractivity contribution >= 4 is 6.09 Å². The van der Waals surface area contributed by atoms with E-state index in [1.54, 1.807) is 0 Å². The fraction of sp³-hybridized carbons (Fsp3) is 0.615. The summed E-state index contributed by atoms with van der Waals surface area (Å²) in [4.78, 5) is 11.7. The first-order valence-electron chi connectivity index (χ1n) is 6.08. The maximum absolute atomic E-state index is 11.7. The summed E-state index contributed by atoms with van der Waals surface area (Å²) < 4.78 is 10.7. The van der Waals surface area contributed by atoms with Crippen molar-refractivity contribution in [3.8, 4) is 0 Å². The molecule has 0 saturated carbocycles. The molecular formula is C13H22N2O3. The largest absolute Gasteiger partial charge is 0.464 e. The molecular weight excluding hydrogens is 232 g/mol. The summed E-state index contributed by atoms with van der Waals surface area (Å²) in [5.41, 5.74) is 5.03. The Labute approximate surface area is 108 Å². The zero-order valence-corrected chi connectivity index (χ0v) is 11.4. The molecule has 0 bridgehead atoms. The van der Waals surface area contributed by atoms with Gasteiger partial charge in [-0.1, -0.05) is 0 Å². The zero-order valence-electron chi connectivity index (χ0n) is 11.4. The fourth-order valence-corrected chi connectivity index (χ4v) is 1.54. The predicted octanol–water partition coefficient (Wildman–Crippen LogP) is 2.50. The Bertz CT molecular complexity index is 393. The SMILES string of the molecule is Cc1ccc(C(CCN)NC(=O)OC(C)(C)C)o1. The smallest absolute Gasteiger partial charge is 0.408 e. The number of hydrogen-bond donors (Lipinski definition) is 2. The first-order chi connectivity index (χ1) is 8.31. The van der Waals surface area contributed by atoms with Crippen LogP contribution in [0.1, 0.15) is 44.8 Å². The highest BCUT2D eigenvalue weighted by molar-refractivity contribution is 5.68. The lowest BCUT2D eigenvalue weighted by Crippen LogP contribution is -2.35. The maximum Gasteiger partial charge on any atom is 0.408 e. The topological polar surface area (TPSA) is 77.5 Å². The molecule has 1 atom stereocenters. The Kier molecular flexibility index (Phi) is 4.78. The summed E-state index contributed by atoms with van der Waals surface area (Å²) in [7, 11) is 0. The van der Waals surface area contributed by atoms with Crippen LogP contribution in [0.4, 0.5) is 4.79 Å². The summed E-state index contributed by atoms with van der Waals surface area (Å²) in [5.74, 6) is 1.50. The number of ether oxygens (including phenoxy) is 1. The molecule has 102 valence electrons. The third-order valence-electron chi connectivity index (χ3n) is 2.25. The molecule has 1 heterocycles. The van der Waals surface area contributed by atoms with Crippen LogP contribution in [0, 0.1) is 6.92 Å². The lowest BCUT2D eigenvalue weighted by Gasteiger charge is -2.22. The summed E-state index contributed by atoms with van der Waals surface area (Å²) in [6, 6.07) is 3.45. The second kappa shape index (κ2) is 5.91. The second-order valence-corrected chi connectivity index (χ2v) is 5.22. The average Bonchev–Trinajstić information content (AvgIpc) is 2.61. The van der Waals surface area contributed by atoms with Gasteiger partial charge in [0.05, 0.1) is 6.04 Å². The van der Waals surface area contributed by atoms with Crippen LogP contribution in [0.2, 0.25) is 0 Å². The van der Waals surface area contributed by atoms with Crippen LogP contribution in [-0.2, 0) is 4.74 Å². The molecule has 5 heteroatoms. The van der Waals surface area contributed by atoms with Gasteiger partial charge in [-0.25, -0.2) is 4.79 Å². The number of hydrogen-bond acceptors (Lipinski definition) is 4. The molecule has 1 aromatic rings. The zero-order chi connectivity index (χ0) is 13.8. The molecule has 0 aromatic carbocycles. The van der Waals surface area contributed by atoms with E-state index >= 15 is 0 Å². The van der Waals surface area contributed by atoms with Gasteiger partial charge < -0.3 is 20.2 Å². The molecule has 0 fully saturated rings. The number of carbonyl (C=O) groups excluding carboxylic acids is 1. The van der Waals surface area contributed by atoms with E-state index in [1.165, 1.54) is 0 Å². The highest BCUT2D eigenvalue weighted by Gasteiger charge is 2.21. The van der Waals surface area contributed by atoms with Crippen LogP contribution in [0.3, 0.4) is 0 Å². The molecule has 5 nitrogen and oxygen atoms in total. The number of amides is 1. The Morgan fingerprint density at radius 3 is 2.61 bits per heavy atom. The van der Waals surface area contributed by atoms with Gasteiger partial charge in [0.1, 0.15) is 17.1 Å². The van der Waals surface area contributed by atoms with E-state index in [9.17, 15) is 4.79 Å². The van der Waals surface area contributed by atoms with Crippen LogP contribution in [0.15, 0.2) is 16.5 Å². The first-order valence-corrected chi connectivity index (χ1v) is 6.08. The molecule has 1 unspecified atom stereocenters. The maximum atomic E-state index is 11.7. The lowest BCUT2D eigenvalue weighted by molar-refractivity contribution is 0.0495. The number of nitrogens with one attached hydrogen (secondary N) is 1. The molecule has 3 N–H and O–H groups in total. The van der Waals surface area contributed by atoms with Crippen molar-refractivity contribution < 1.29 is 13.9 Å². The van der Waals surface area contributed by atoms with Crippen LogP contribution in [-0.4, -0.2) is 18.2 Å². The highest BCUT2D eigenvalue weighted by atomic mass is 16.6. The quantitative estimate of drug-likeness (QED) is 0.865. The summed E-state index contributed by atoms with van der Waals surface area (Å²) in [6.07, 6.45) is 0.140. The minimum absolute atomic E-state index is 0.251. The van der Waals surface area contributed by atoms with Gasteiger partial charge in [-0.15, -0.1) is 0 Å². The van der Waals surface area contributed by atoms with Crippen molar-refractivity contribution in [1.29, 1.82) is 0 Å². The normalized spacial score (nSPS) is 13.2. The first kappa shape index (κ1) is 14.6. The summed E-state index contributed by atoms with van der Waals surface area (Å²) >= 11 is 0. The molecule has 0 spiro atoms. The Morgan fingerprint density at radius 1 is 1.50 bits per heavy atom. The number of rotatable bonds is 4. The lowest BCUT2D eigenvalue weighted by atomic mass is 10.1. The second-order valence-electron chi connectivity index (χ2n) is 5.22. The molecule has 18 heavy (non-hydrogen) atoms. The van der Waals surface area contributed by atoms with Crippen LogP contribution in [0.25, 0.3) is 0 Å². The summed E-state index contributed by atoms with van der Waals surface area (Å²) in [5, 5.41) is 2.77. The molecule has 0 aliphatic heterocycles. The Morgan fingerprint density at radius 2 is 2.17 bits per heavy atom. The van der Waals surface area contributed by atoms with Gasteiger partial charge >= 0.3 is 6.09 Å². The molecule has 0 saturated heterocycles. The van der Waals surface area contributed by atoms with Gasteiger partial charge in [0, 0.05) is 0 Å². The highest BCUT2D eigenvalue weighted by Crippen LogP contribution is 2.19. The number of nitrogens with two attached hydrogens (primary N) is 1. The predicted molar refractivity (Wildman–Crippen MR) is 69.2 cm³/mol. The number of furan rings is 1. The Balaban J connectivity index is 2.66. The van der Waals surface area contributed by atoms with Crippen molar-refractivity contribution in [2.45, 2.75) is 45.8 Å². The molecule has 0 aliphatic rings. The molecule has 1 aromatic heterocycles. The van der Waals surface area contributed by atoms with E-state index in [2.05, 4.69) is 5.32 Å². The van der Waals surface area contributed by atoms with Gasteiger partial charge in [-0.3, -0.25) is 0 Å². The van der Waals surface area contributed by atoms with E-state index in [1.807, 2.05) is 39.8 Å². The van der Waals surface area contributed by atoms with Crippen molar-refractivity contribution in [3.63, 3.8) is 0 Å². The van der Waals surface area contributed by atoms with E-state index in [0.29, 0.717) is 18.7 Å². The van der Waals surface area contributed by atoms with Gasteiger partial charge in [-0.05, 0) is 52.8 Å². The van der Waals surface area contributed by atoms with Gasteiger partial charge in [0.2, 0.25) is 0 Å². The van der Waals surface area contributed by atoms with E-state index in [-0.39, 0.29) is 6.04 Å². The third-order valence-corrected chi connectivity index (χ3v) is 2.25. The Hall–Kier alpha value is -1.49. The average molecular weight is 254 g/mol. The van der Waals surface area contributed by atoms with Crippen LogP contribution >= 0.6 is 0 Å². The van der Waals surface area contributed by atoms with Crippen LogP contribution in [0.5, 0.6) is 0 Å². The third kappa shape index (κ3) is 4.79. The summed E-state index contributed by atoms with van der Waals surface area (Å²) in [6.45, 7) is 7.78. The molecule has 0 aliphatic carbocycles. The molecule has 1 amide bonds. The van der Waals surface area contributed by atoms with E-state index in [0.717, 1.165) is 5.76 Å². The van der Waals surface area contributed by atoms with Crippen molar-refractivity contribution in [2.24, 2.45) is 5.73 Å². The van der Waals surface area contributed by atoms with Gasteiger partial charge in [-0.2, -0.15) is 0 Å². The van der Waals surface area contributed by atoms with Crippen LogP contribution < -0.4 is 11.1 Å². The van der Waals surface area contributed by atoms with E-state index in [4.69, 9.17) is 14.9 Å². The van der Waals surface area contributed by atoms with Crippen molar-refractivity contribution in [3.05, 3.63) is 23.7 Å². The molecule has 1 rings (SSSR count). The van der Waals surface area contributed by atoms with E-state index < -0.39 is 11.7 Å². The van der Waals surface area contributed by atoms with Crippen molar-refractivity contribution in [2.75, 3.05) is 6.54 Å². The monoisotopic (exact) mass is 254 g/mol. The van der Waals surface area contributed by atoms with Gasteiger partial charge in [0.15, 0.2) is 0 Å². The number of aryl methyl sites for hydroxylation is 1. The number of carbonyl (C=O) groups is 1. The number of alkyl carbamates (subject to hydrolysis) is 1. The molecule has 0 radical (unpaired) electrons. The van der Waals surface area contributed by atoms with Crippen molar-refractivity contribution in [1.82, 2.24) is 5.32 Å². The minimum Gasteiger partial charge on any atom is -0.464 e. The minimum atomic E-state index is -0.517.